The highest BCUT2D eigenvalue weighted by atomic mass is 79.9. The lowest BCUT2D eigenvalue weighted by molar-refractivity contribution is 0.669. The van der Waals surface area contributed by atoms with Crippen LogP contribution >= 0.6 is 15.9 Å². The van der Waals surface area contributed by atoms with E-state index in [1.165, 1.54) is 0 Å². The molecule has 0 saturated carbocycles. The van der Waals surface area contributed by atoms with E-state index in [-0.39, 0.29) is 0 Å². The zero-order valence-electron chi connectivity index (χ0n) is 17.2. The second-order valence-corrected chi connectivity index (χ2v) is 9.05. The molecule has 0 radical (unpaired) electrons. The maximum absolute atomic E-state index is 6.10. The van der Waals surface area contributed by atoms with Gasteiger partial charge in [-0.25, -0.2) is 9.97 Å². The van der Waals surface area contributed by atoms with Crippen molar-refractivity contribution in [3.8, 4) is 22.6 Å². The minimum atomic E-state index is 0.368. The van der Waals surface area contributed by atoms with Gasteiger partial charge >= 0.3 is 0 Å². The van der Waals surface area contributed by atoms with Gasteiger partial charge in [0.25, 0.3) is 0 Å². The average molecular weight is 479 g/mol. The molecule has 32 heavy (non-hydrogen) atoms. The molecule has 0 amide bonds. The minimum Gasteiger partial charge on any atom is -0.456 e. The zero-order chi connectivity index (χ0) is 21.5. The molecule has 3 aromatic carbocycles. The molecular formula is C28H19BrN2O. The van der Waals surface area contributed by atoms with Crippen molar-refractivity contribution in [2.24, 2.45) is 0 Å². The topological polar surface area (TPSA) is 38.9 Å². The summed E-state index contributed by atoms with van der Waals surface area (Å²) in [5.74, 6) is 0.703. The number of nitrogens with zero attached hydrogens (tertiary/aromatic N) is 2. The second kappa shape index (κ2) is 7.88. The minimum absolute atomic E-state index is 0.368. The van der Waals surface area contributed by atoms with Crippen LogP contribution in [0.15, 0.2) is 102 Å². The van der Waals surface area contributed by atoms with Gasteiger partial charge in [-0.05, 0) is 30.2 Å². The van der Waals surface area contributed by atoms with E-state index >= 15 is 0 Å². The van der Waals surface area contributed by atoms with Crippen molar-refractivity contribution in [1.29, 1.82) is 0 Å². The predicted molar refractivity (Wildman–Crippen MR) is 135 cm³/mol. The van der Waals surface area contributed by atoms with E-state index in [9.17, 15) is 0 Å². The van der Waals surface area contributed by atoms with Gasteiger partial charge in [-0.2, -0.15) is 0 Å². The molecule has 6 rings (SSSR count). The van der Waals surface area contributed by atoms with Gasteiger partial charge in [0.05, 0.1) is 11.4 Å². The highest BCUT2D eigenvalue weighted by Gasteiger charge is 2.17. The van der Waals surface area contributed by atoms with Gasteiger partial charge in [-0.3, -0.25) is 0 Å². The number of furan rings is 1. The summed E-state index contributed by atoms with van der Waals surface area (Å²) in [7, 11) is 0. The fourth-order valence-electron chi connectivity index (χ4n) is 4.22. The van der Waals surface area contributed by atoms with Crippen LogP contribution in [-0.2, 0) is 0 Å². The van der Waals surface area contributed by atoms with Crippen LogP contribution in [0.2, 0.25) is 0 Å². The Labute approximate surface area is 194 Å². The Morgan fingerprint density at radius 3 is 2.44 bits per heavy atom. The number of benzene rings is 3. The third kappa shape index (κ3) is 3.37. The SMILES string of the molecule is BrC1C=CC(c2cc(-c3ccccc3)nc(-c3cccc4oc5ccccc5c34)n2)=CC1. The Balaban J connectivity index is 1.61. The molecule has 1 atom stereocenters. The molecule has 1 aliphatic rings. The van der Waals surface area contributed by atoms with Crippen molar-refractivity contribution in [1.82, 2.24) is 9.97 Å². The summed E-state index contributed by atoms with van der Waals surface area (Å²) in [5.41, 5.74) is 6.71. The van der Waals surface area contributed by atoms with Gasteiger partial charge < -0.3 is 4.42 Å². The molecule has 154 valence electrons. The molecule has 1 aliphatic carbocycles. The van der Waals surface area contributed by atoms with Crippen LogP contribution < -0.4 is 0 Å². The lowest BCUT2D eigenvalue weighted by Gasteiger charge is -2.13. The lowest BCUT2D eigenvalue weighted by Crippen LogP contribution is -2.01. The van der Waals surface area contributed by atoms with Crippen molar-refractivity contribution >= 4 is 43.4 Å². The van der Waals surface area contributed by atoms with Crippen LogP contribution in [0.25, 0.3) is 50.2 Å². The first-order valence-electron chi connectivity index (χ1n) is 10.6. The first-order chi connectivity index (χ1) is 15.8. The Bertz CT molecular complexity index is 1520. The van der Waals surface area contributed by atoms with Crippen molar-refractivity contribution < 1.29 is 4.42 Å². The molecule has 0 N–H and O–H groups in total. The van der Waals surface area contributed by atoms with Gasteiger partial charge in [-0.15, -0.1) is 0 Å². The van der Waals surface area contributed by atoms with E-state index < -0.39 is 0 Å². The summed E-state index contributed by atoms with van der Waals surface area (Å²) in [6.07, 6.45) is 7.48. The molecule has 0 bridgehead atoms. The van der Waals surface area contributed by atoms with Gasteiger partial charge in [0, 0.05) is 26.7 Å². The quantitative estimate of drug-likeness (QED) is 0.248. The third-order valence-electron chi connectivity index (χ3n) is 5.78. The highest BCUT2D eigenvalue weighted by molar-refractivity contribution is 9.09. The molecule has 1 unspecified atom stereocenters. The summed E-state index contributed by atoms with van der Waals surface area (Å²) in [6, 6.07) is 26.6. The van der Waals surface area contributed by atoms with Gasteiger partial charge in [0.1, 0.15) is 11.2 Å². The summed E-state index contributed by atoms with van der Waals surface area (Å²) >= 11 is 3.66. The molecule has 2 aromatic heterocycles. The third-order valence-corrected chi connectivity index (χ3v) is 6.46. The number of allylic oxidation sites excluding steroid dienone is 4. The molecule has 0 fully saturated rings. The first-order valence-corrected chi connectivity index (χ1v) is 11.6. The standard InChI is InChI=1S/C28H19BrN2O/c29-20-15-13-19(14-16-20)24-17-23(18-7-2-1-3-8-18)30-28(31-24)22-10-6-12-26-27(22)21-9-4-5-11-25(21)32-26/h1-15,17,20H,16H2. The maximum Gasteiger partial charge on any atom is 0.161 e. The van der Waals surface area contributed by atoms with E-state index in [2.05, 4.69) is 64.5 Å². The number of fused-ring (bicyclic) bond motifs is 3. The Kier molecular flexibility index (Phi) is 4.73. The van der Waals surface area contributed by atoms with Crippen molar-refractivity contribution in [2.75, 3.05) is 0 Å². The Morgan fingerprint density at radius 1 is 0.812 bits per heavy atom. The molecule has 5 aromatic rings. The number of aromatic nitrogens is 2. The summed E-state index contributed by atoms with van der Waals surface area (Å²) < 4.78 is 6.10. The van der Waals surface area contributed by atoms with Gasteiger partial charge in [-0.1, -0.05) is 94.8 Å². The Hall–Kier alpha value is -3.50. The number of hydrogen-bond acceptors (Lipinski definition) is 3. The van der Waals surface area contributed by atoms with Crippen LogP contribution in [0.1, 0.15) is 12.1 Å². The van der Waals surface area contributed by atoms with Crippen LogP contribution in [-0.4, -0.2) is 14.8 Å². The molecule has 0 spiro atoms. The molecule has 0 aliphatic heterocycles. The van der Waals surface area contributed by atoms with E-state index in [4.69, 9.17) is 14.4 Å². The number of hydrogen-bond donors (Lipinski definition) is 0. The fraction of sp³-hybridized carbons (Fsp3) is 0.0714. The van der Waals surface area contributed by atoms with Gasteiger partial charge in [0.2, 0.25) is 0 Å². The predicted octanol–water partition coefficient (Wildman–Crippen LogP) is 7.82. The van der Waals surface area contributed by atoms with Crippen LogP contribution in [0.3, 0.4) is 0 Å². The van der Waals surface area contributed by atoms with Gasteiger partial charge in [0.15, 0.2) is 5.82 Å². The molecule has 4 heteroatoms. The molecule has 0 saturated heterocycles. The smallest absolute Gasteiger partial charge is 0.161 e. The summed E-state index contributed by atoms with van der Waals surface area (Å²) in [5, 5.41) is 2.13. The van der Waals surface area contributed by atoms with E-state index in [1.807, 2.05) is 48.5 Å². The normalized spacial score (nSPS) is 15.9. The average Bonchev–Trinajstić information content (AvgIpc) is 3.24. The van der Waals surface area contributed by atoms with E-state index in [0.717, 1.165) is 56.4 Å². The molecule has 2 heterocycles. The first kappa shape index (κ1) is 19.2. The summed E-state index contributed by atoms with van der Waals surface area (Å²) in [4.78, 5) is 10.4. The largest absolute Gasteiger partial charge is 0.456 e. The van der Waals surface area contributed by atoms with Crippen LogP contribution in [0, 0.1) is 0 Å². The number of halogens is 1. The zero-order valence-corrected chi connectivity index (χ0v) is 18.8. The number of para-hydroxylation sites is 1. The summed E-state index contributed by atoms with van der Waals surface area (Å²) in [6.45, 7) is 0. The lowest BCUT2D eigenvalue weighted by atomic mass is 10.0. The maximum atomic E-state index is 6.10. The van der Waals surface area contributed by atoms with Crippen LogP contribution in [0.5, 0.6) is 0 Å². The second-order valence-electron chi connectivity index (χ2n) is 7.88. The Morgan fingerprint density at radius 2 is 1.59 bits per heavy atom. The van der Waals surface area contributed by atoms with Crippen molar-refractivity contribution in [3.63, 3.8) is 0 Å². The van der Waals surface area contributed by atoms with E-state index in [1.54, 1.807) is 0 Å². The number of rotatable bonds is 3. The van der Waals surface area contributed by atoms with Crippen LogP contribution in [0.4, 0.5) is 0 Å². The molecular weight excluding hydrogens is 460 g/mol. The monoisotopic (exact) mass is 478 g/mol. The van der Waals surface area contributed by atoms with E-state index in [0.29, 0.717) is 10.7 Å². The highest BCUT2D eigenvalue weighted by Crippen LogP contribution is 2.36. The number of alkyl halides is 1. The van der Waals surface area contributed by atoms with Crippen molar-refractivity contribution in [3.05, 3.63) is 103 Å². The molecule has 3 nitrogen and oxygen atoms in total. The van der Waals surface area contributed by atoms with Crippen molar-refractivity contribution in [2.45, 2.75) is 11.2 Å². The fourth-order valence-corrected chi connectivity index (χ4v) is 4.56.